The van der Waals surface area contributed by atoms with Gasteiger partial charge < -0.3 is 15.2 Å². The third-order valence-electron chi connectivity index (χ3n) is 2.07. The van der Waals surface area contributed by atoms with Crippen molar-refractivity contribution >= 4 is 85.3 Å². The van der Waals surface area contributed by atoms with Crippen molar-refractivity contribution in [3.05, 3.63) is 16.8 Å². The number of halogens is 3. The third kappa shape index (κ3) is 4.58. The van der Waals surface area contributed by atoms with Crippen LogP contribution in [-0.2, 0) is 9.59 Å². The van der Waals surface area contributed by atoms with Gasteiger partial charge in [-0.15, -0.1) is 0 Å². The van der Waals surface area contributed by atoms with Gasteiger partial charge >= 0.3 is 5.97 Å². The molecule has 0 bridgehead atoms. The van der Waals surface area contributed by atoms with Crippen LogP contribution in [0.2, 0.25) is 0 Å². The molecule has 0 aliphatic heterocycles. The Bertz CT molecular complexity index is 533. The number of carboxylic acid groups (broad SMARTS) is 1. The molecule has 104 valence electrons. The number of aliphatic carboxylic acids is 1. The van der Waals surface area contributed by atoms with Gasteiger partial charge in [0.15, 0.2) is 6.10 Å². The summed E-state index contributed by atoms with van der Waals surface area (Å²) in [5, 5.41) is 11.6. The summed E-state index contributed by atoms with van der Waals surface area (Å²) in [7, 11) is 0. The summed E-state index contributed by atoms with van der Waals surface area (Å²) in [6.45, 7) is 2.88. The monoisotopic (exact) mass is 601 g/mol. The van der Waals surface area contributed by atoms with Gasteiger partial charge in [-0.3, -0.25) is 4.79 Å². The summed E-state index contributed by atoms with van der Waals surface area (Å²) in [4.78, 5) is 22.0. The van der Waals surface area contributed by atoms with Gasteiger partial charge in [0.05, 0.1) is 12.8 Å². The Balaban J connectivity index is 3.24. The number of carboxylic acids is 1. The molecule has 2 N–H and O–H groups in total. The van der Waals surface area contributed by atoms with Crippen LogP contribution in [-0.4, -0.2) is 23.1 Å². The lowest BCUT2D eigenvalue weighted by atomic mass is 10.3. The summed E-state index contributed by atoms with van der Waals surface area (Å²) in [5.74, 6) is -0.749. The van der Waals surface area contributed by atoms with Crippen LogP contribution in [0.4, 0.5) is 5.69 Å². The summed E-state index contributed by atoms with van der Waals surface area (Å²) >= 11 is 6.23. The van der Waals surface area contributed by atoms with E-state index >= 15 is 0 Å². The van der Waals surface area contributed by atoms with Crippen LogP contribution in [0.3, 0.4) is 0 Å². The molecule has 0 aliphatic rings. The van der Waals surface area contributed by atoms with Crippen LogP contribution in [0.25, 0.3) is 0 Å². The largest absolute Gasteiger partial charge is 0.479 e. The first-order valence-electron chi connectivity index (χ1n) is 5.08. The van der Waals surface area contributed by atoms with E-state index in [1.165, 1.54) is 13.8 Å². The first kappa shape index (κ1) is 17.2. The number of amides is 1. The quantitative estimate of drug-likeness (QED) is 0.521. The van der Waals surface area contributed by atoms with E-state index in [1.54, 1.807) is 0 Å². The number of hydrogen-bond donors (Lipinski definition) is 2. The van der Waals surface area contributed by atoms with Crippen molar-refractivity contribution in [3.63, 3.8) is 0 Å². The molecule has 1 aromatic rings. The lowest BCUT2D eigenvalue weighted by Gasteiger charge is -2.17. The number of ether oxygens (including phenoxy) is 1. The molecule has 1 unspecified atom stereocenters. The minimum absolute atomic E-state index is 0.186. The highest BCUT2D eigenvalue weighted by Gasteiger charge is 2.20. The molecule has 5 nitrogen and oxygen atoms in total. The highest BCUT2D eigenvalue weighted by Crippen LogP contribution is 2.37. The molecule has 8 heteroatoms. The van der Waals surface area contributed by atoms with Crippen LogP contribution in [0.15, 0.2) is 6.07 Å². The van der Waals surface area contributed by atoms with Crippen LogP contribution >= 0.6 is 67.8 Å². The van der Waals surface area contributed by atoms with Crippen LogP contribution < -0.4 is 10.1 Å². The summed E-state index contributed by atoms with van der Waals surface area (Å²) in [6.07, 6.45) is -0.952. The fourth-order valence-corrected chi connectivity index (χ4v) is 5.09. The maximum atomic E-state index is 11.2. The number of anilines is 1. The SMILES string of the molecule is CC(=O)Nc1c(I)cc(I)c(OC(C)C(=O)O)c1I. The third-order valence-corrected chi connectivity index (χ3v) is 4.75. The smallest absolute Gasteiger partial charge is 0.344 e. The molecule has 1 aromatic carbocycles. The molecular formula is C11H10I3NO4. The average Bonchev–Trinajstić information content (AvgIpc) is 2.29. The molecule has 0 spiro atoms. The molecule has 0 saturated carbocycles. The second kappa shape index (κ2) is 7.24. The molecule has 1 rings (SSSR count). The molecule has 19 heavy (non-hydrogen) atoms. The van der Waals surface area contributed by atoms with Gasteiger partial charge in [0, 0.05) is 10.5 Å². The standard InChI is InChI=1S/C11H10I3NO4/c1-4(11(17)18)19-10-7(13)3-6(12)9(8(10)14)15-5(2)16/h3-4H,1-2H3,(H,15,16)(H,17,18). The molecule has 0 saturated heterocycles. The Morgan fingerprint density at radius 3 is 2.37 bits per heavy atom. The van der Waals surface area contributed by atoms with Crippen molar-refractivity contribution in [1.82, 2.24) is 0 Å². The minimum Gasteiger partial charge on any atom is -0.479 e. The summed E-state index contributed by atoms with van der Waals surface area (Å²) < 4.78 is 7.81. The molecule has 0 aliphatic carbocycles. The van der Waals surface area contributed by atoms with Crippen LogP contribution in [0.5, 0.6) is 5.75 Å². The average molecular weight is 601 g/mol. The Morgan fingerprint density at radius 1 is 1.32 bits per heavy atom. The maximum absolute atomic E-state index is 11.2. The molecule has 1 amide bonds. The van der Waals surface area contributed by atoms with Crippen LogP contribution in [0.1, 0.15) is 13.8 Å². The van der Waals surface area contributed by atoms with Crippen LogP contribution in [0, 0.1) is 10.7 Å². The van der Waals surface area contributed by atoms with E-state index in [0.717, 1.165) is 7.14 Å². The molecule has 0 fully saturated rings. The predicted molar refractivity (Wildman–Crippen MR) is 96.6 cm³/mol. The normalized spacial score (nSPS) is 11.8. The Kier molecular flexibility index (Phi) is 6.56. The van der Waals surface area contributed by atoms with Crippen molar-refractivity contribution < 1.29 is 19.4 Å². The van der Waals surface area contributed by atoms with Crippen molar-refractivity contribution in [2.75, 3.05) is 5.32 Å². The maximum Gasteiger partial charge on any atom is 0.344 e. The minimum atomic E-state index is -1.04. The number of rotatable bonds is 4. The van der Waals surface area contributed by atoms with Gasteiger partial charge in [0.25, 0.3) is 0 Å². The molecule has 0 aromatic heterocycles. The van der Waals surface area contributed by atoms with E-state index in [1.807, 2.05) is 28.7 Å². The fraction of sp³-hybridized carbons (Fsp3) is 0.273. The van der Waals surface area contributed by atoms with Gasteiger partial charge in [0.1, 0.15) is 5.75 Å². The molecular weight excluding hydrogens is 591 g/mol. The second-order valence-electron chi connectivity index (χ2n) is 3.64. The second-order valence-corrected chi connectivity index (χ2v) is 7.04. The van der Waals surface area contributed by atoms with E-state index in [0.29, 0.717) is 15.0 Å². The Hall–Kier alpha value is 0.150. The highest BCUT2D eigenvalue weighted by molar-refractivity contribution is 14.1. The number of benzene rings is 1. The first-order valence-corrected chi connectivity index (χ1v) is 8.32. The molecule has 0 radical (unpaired) electrons. The topological polar surface area (TPSA) is 75.6 Å². The number of hydrogen-bond acceptors (Lipinski definition) is 3. The van der Waals surface area contributed by atoms with Gasteiger partial charge in [0.2, 0.25) is 5.91 Å². The van der Waals surface area contributed by atoms with Crippen molar-refractivity contribution in [2.24, 2.45) is 0 Å². The Morgan fingerprint density at radius 2 is 1.89 bits per heavy atom. The zero-order valence-corrected chi connectivity index (χ0v) is 16.4. The lowest BCUT2D eigenvalue weighted by Crippen LogP contribution is -2.24. The zero-order chi connectivity index (χ0) is 14.7. The zero-order valence-electron chi connectivity index (χ0n) is 9.96. The van der Waals surface area contributed by atoms with E-state index in [-0.39, 0.29) is 5.91 Å². The number of carbonyl (C=O) groups is 2. The van der Waals surface area contributed by atoms with Crippen molar-refractivity contribution in [3.8, 4) is 5.75 Å². The Labute approximate surface area is 151 Å². The predicted octanol–water partition coefficient (Wildman–Crippen LogP) is 3.31. The lowest BCUT2D eigenvalue weighted by molar-refractivity contribution is -0.144. The van der Waals surface area contributed by atoms with Crippen molar-refractivity contribution in [1.29, 1.82) is 0 Å². The first-order chi connectivity index (χ1) is 8.73. The van der Waals surface area contributed by atoms with Gasteiger partial charge in [-0.2, -0.15) is 0 Å². The number of nitrogens with one attached hydrogen (secondary N) is 1. The fourth-order valence-electron chi connectivity index (χ4n) is 1.20. The van der Waals surface area contributed by atoms with E-state index < -0.39 is 12.1 Å². The van der Waals surface area contributed by atoms with Crippen molar-refractivity contribution in [2.45, 2.75) is 20.0 Å². The summed E-state index contributed by atoms with van der Waals surface area (Å²) in [5.41, 5.74) is 0.640. The van der Waals surface area contributed by atoms with E-state index in [9.17, 15) is 9.59 Å². The highest BCUT2D eigenvalue weighted by atomic mass is 127. The van der Waals surface area contributed by atoms with E-state index in [2.05, 4.69) is 50.5 Å². The van der Waals surface area contributed by atoms with Gasteiger partial charge in [-0.25, -0.2) is 4.79 Å². The number of carbonyl (C=O) groups excluding carboxylic acids is 1. The van der Waals surface area contributed by atoms with Gasteiger partial charge in [-0.1, -0.05) is 0 Å². The summed E-state index contributed by atoms with van der Waals surface area (Å²) in [6, 6.07) is 1.83. The van der Waals surface area contributed by atoms with Gasteiger partial charge in [-0.05, 0) is 80.8 Å². The molecule has 0 heterocycles. The van der Waals surface area contributed by atoms with E-state index in [4.69, 9.17) is 9.84 Å². The molecule has 1 atom stereocenters.